The van der Waals surface area contributed by atoms with Gasteiger partial charge in [0.1, 0.15) is 0 Å². The smallest absolute Gasteiger partial charge is 0.341 e. The molecular weight excluding hydrogens is 270 g/mol. The van der Waals surface area contributed by atoms with E-state index in [1.807, 2.05) is 0 Å². The summed E-state index contributed by atoms with van der Waals surface area (Å²) in [6.07, 6.45) is 2.68. The minimum atomic E-state index is -0.384. The molecule has 1 aliphatic carbocycles. The molecule has 1 aliphatic rings. The Morgan fingerprint density at radius 2 is 2.24 bits per heavy atom. The molecule has 0 bridgehead atoms. The summed E-state index contributed by atoms with van der Waals surface area (Å²) in [5, 5.41) is 3.32. The number of hydrogen-bond donors (Lipinski definition) is 1. The zero-order valence-electron chi connectivity index (χ0n) is 13.3. The summed E-state index contributed by atoms with van der Waals surface area (Å²) in [7, 11) is 1.73. The molecule has 1 heterocycles. The standard InChI is InChI=1S/C15H23N3O3/c1-6-21-13(19)10-8-16-14(17-9(10)2)18-11-7-12(20-5)15(11,3)4/h8,11-12H,6-7H2,1-5H3,(H,16,17,18). The van der Waals surface area contributed by atoms with Crippen LogP contribution < -0.4 is 5.32 Å². The van der Waals surface area contributed by atoms with Crippen molar-refractivity contribution in [2.45, 2.75) is 46.3 Å². The van der Waals surface area contributed by atoms with Crippen LogP contribution in [0.5, 0.6) is 0 Å². The van der Waals surface area contributed by atoms with Crippen LogP contribution >= 0.6 is 0 Å². The van der Waals surface area contributed by atoms with Gasteiger partial charge in [-0.15, -0.1) is 0 Å². The van der Waals surface area contributed by atoms with Crippen LogP contribution in [0.1, 0.15) is 43.2 Å². The van der Waals surface area contributed by atoms with Crippen molar-refractivity contribution in [1.82, 2.24) is 9.97 Å². The number of nitrogens with zero attached hydrogens (tertiary/aromatic N) is 2. The van der Waals surface area contributed by atoms with E-state index in [4.69, 9.17) is 9.47 Å². The lowest BCUT2D eigenvalue weighted by Crippen LogP contribution is -2.57. The van der Waals surface area contributed by atoms with Gasteiger partial charge in [0.2, 0.25) is 5.95 Å². The highest BCUT2D eigenvalue weighted by Crippen LogP contribution is 2.43. The van der Waals surface area contributed by atoms with Crippen molar-refractivity contribution in [2.24, 2.45) is 5.41 Å². The summed E-state index contributed by atoms with van der Waals surface area (Å²) in [5.41, 5.74) is 1.06. The molecule has 1 fully saturated rings. The molecule has 0 aliphatic heterocycles. The van der Waals surface area contributed by atoms with E-state index in [-0.39, 0.29) is 23.5 Å². The lowest BCUT2D eigenvalue weighted by Gasteiger charge is -2.51. The number of methoxy groups -OCH3 is 1. The monoisotopic (exact) mass is 293 g/mol. The highest BCUT2D eigenvalue weighted by molar-refractivity contribution is 5.90. The first-order valence-corrected chi connectivity index (χ1v) is 7.20. The summed E-state index contributed by atoms with van der Waals surface area (Å²) in [5.74, 6) is 0.151. The second-order valence-electron chi connectivity index (χ2n) is 5.89. The van der Waals surface area contributed by atoms with Crippen LogP contribution in [0, 0.1) is 12.3 Å². The number of esters is 1. The number of carbonyl (C=O) groups is 1. The Morgan fingerprint density at radius 1 is 1.52 bits per heavy atom. The zero-order valence-corrected chi connectivity index (χ0v) is 13.3. The number of aromatic nitrogens is 2. The normalized spacial score (nSPS) is 23.3. The van der Waals surface area contributed by atoms with Crippen molar-refractivity contribution in [3.05, 3.63) is 17.5 Å². The number of rotatable bonds is 5. The van der Waals surface area contributed by atoms with Gasteiger partial charge in [-0.3, -0.25) is 0 Å². The topological polar surface area (TPSA) is 73.3 Å². The Bertz CT molecular complexity index is 531. The van der Waals surface area contributed by atoms with E-state index in [2.05, 4.69) is 29.1 Å². The van der Waals surface area contributed by atoms with E-state index < -0.39 is 0 Å². The Morgan fingerprint density at radius 3 is 2.76 bits per heavy atom. The predicted octanol–water partition coefficient (Wildman–Crippen LogP) is 2.19. The fourth-order valence-corrected chi connectivity index (χ4v) is 2.63. The molecule has 0 radical (unpaired) electrons. The number of hydrogen-bond acceptors (Lipinski definition) is 6. The first kappa shape index (κ1) is 15.7. The molecule has 1 aromatic heterocycles. The molecule has 21 heavy (non-hydrogen) atoms. The Kier molecular flexibility index (Phi) is 4.46. The maximum atomic E-state index is 11.7. The third kappa shape index (κ3) is 3.00. The molecule has 1 N–H and O–H groups in total. The van der Waals surface area contributed by atoms with Crippen LogP contribution in [0.3, 0.4) is 0 Å². The molecule has 1 saturated carbocycles. The molecule has 1 aromatic rings. The summed E-state index contributed by atoms with van der Waals surface area (Å²) in [6, 6.07) is 0.260. The van der Waals surface area contributed by atoms with Crippen LogP contribution in [0.15, 0.2) is 6.20 Å². The van der Waals surface area contributed by atoms with Crippen molar-refractivity contribution in [3.8, 4) is 0 Å². The van der Waals surface area contributed by atoms with Crippen molar-refractivity contribution in [3.63, 3.8) is 0 Å². The van der Waals surface area contributed by atoms with E-state index >= 15 is 0 Å². The summed E-state index contributed by atoms with van der Waals surface area (Å²) in [6.45, 7) is 8.20. The van der Waals surface area contributed by atoms with Crippen LogP contribution in [0.2, 0.25) is 0 Å². The predicted molar refractivity (Wildman–Crippen MR) is 79.3 cm³/mol. The Labute approximate surface area is 125 Å². The fourth-order valence-electron chi connectivity index (χ4n) is 2.63. The summed E-state index contributed by atoms with van der Waals surface area (Å²) < 4.78 is 10.4. The van der Waals surface area contributed by atoms with E-state index in [0.717, 1.165) is 6.42 Å². The molecule has 116 valence electrons. The average molecular weight is 293 g/mol. The van der Waals surface area contributed by atoms with Gasteiger partial charge in [-0.05, 0) is 20.3 Å². The molecule has 2 unspecified atom stereocenters. The third-order valence-corrected chi connectivity index (χ3v) is 4.24. The van der Waals surface area contributed by atoms with E-state index in [1.54, 1.807) is 21.0 Å². The van der Waals surface area contributed by atoms with Gasteiger partial charge in [0.25, 0.3) is 0 Å². The molecule has 0 aromatic carbocycles. The zero-order chi connectivity index (χ0) is 15.6. The molecule has 6 nitrogen and oxygen atoms in total. The minimum Gasteiger partial charge on any atom is -0.462 e. The third-order valence-electron chi connectivity index (χ3n) is 4.24. The number of ether oxygens (including phenoxy) is 2. The number of aryl methyl sites for hydroxylation is 1. The largest absolute Gasteiger partial charge is 0.462 e. The Hall–Kier alpha value is -1.69. The second-order valence-corrected chi connectivity index (χ2v) is 5.89. The fraction of sp³-hybridized carbons (Fsp3) is 0.667. The highest BCUT2D eigenvalue weighted by atomic mass is 16.5. The maximum Gasteiger partial charge on any atom is 0.341 e. The Balaban J connectivity index is 2.06. The number of carbonyl (C=O) groups excluding carboxylic acids is 1. The van der Waals surface area contributed by atoms with Crippen molar-refractivity contribution in [1.29, 1.82) is 0 Å². The van der Waals surface area contributed by atoms with Crippen LogP contribution in [-0.4, -0.2) is 41.8 Å². The SMILES string of the molecule is CCOC(=O)c1cnc(NC2CC(OC)C2(C)C)nc1C. The lowest BCUT2D eigenvalue weighted by molar-refractivity contribution is -0.0796. The van der Waals surface area contributed by atoms with Crippen molar-refractivity contribution < 1.29 is 14.3 Å². The van der Waals surface area contributed by atoms with Crippen molar-refractivity contribution in [2.75, 3.05) is 19.0 Å². The van der Waals surface area contributed by atoms with Crippen molar-refractivity contribution >= 4 is 11.9 Å². The molecule has 2 rings (SSSR count). The van der Waals surface area contributed by atoms with E-state index in [0.29, 0.717) is 23.8 Å². The molecule has 0 amide bonds. The van der Waals surface area contributed by atoms with Gasteiger partial charge in [-0.25, -0.2) is 14.8 Å². The average Bonchev–Trinajstić information content (AvgIpc) is 2.43. The van der Waals surface area contributed by atoms with Gasteiger partial charge in [-0.2, -0.15) is 0 Å². The highest BCUT2D eigenvalue weighted by Gasteiger charge is 2.48. The summed E-state index contributed by atoms with van der Waals surface area (Å²) in [4.78, 5) is 20.3. The summed E-state index contributed by atoms with van der Waals surface area (Å²) >= 11 is 0. The first-order chi connectivity index (χ1) is 9.90. The van der Waals surface area contributed by atoms with Gasteiger partial charge in [0.15, 0.2) is 0 Å². The van der Waals surface area contributed by atoms with Gasteiger partial charge >= 0.3 is 5.97 Å². The molecule has 2 atom stereocenters. The molecule has 0 saturated heterocycles. The van der Waals surface area contributed by atoms with Gasteiger partial charge in [-0.1, -0.05) is 13.8 Å². The molecular formula is C15H23N3O3. The van der Waals surface area contributed by atoms with Gasteiger partial charge in [0.05, 0.1) is 24.0 Å². The van der Waals surface area contributed by atoms with E-state index in [1.165, 1.54) is 6.20 Å². The number of anilines is 1. The number of nitrogens with one attached hydrogen (secondary N) is 1. The van der Waals surface area contributed by atoms with Crippen LogP contribution in [0.25, 0.3) is 0 Å². The first-order valence-electron chi connectivity index (χ1n) is 7.20. The van der Waals surface area contributed by atoms with Gasteiger partial charge in [0, 0.05) is 24.8 Å². The lowest BCUT2D eigenvalue weighted by atomic mass is 9.64. The molecule has 6 heteroatoms. The second kappa shape index (κ2) is 5.97. The van der Waals surface area contributed by atoms with Crippen LogP contribution in [0.4, 0.5) is 5.95 Å². The van der Waals surface area contributed by atoms with Crippen LogP contribution in [-0.2, 0) is 9.47 Å². The minimum absolute atomic E-state index is 0.0336. The van der Waals surface area contributed by atoms with E-state index in [9.17, 15) is 4.79 Å². The molecule has 0 spiro atoms. The quantitative estimate of drug-likeness (QED) is 0.839. The van der Waals surface area contributed by atoms with Gasteiger partial charge < -0.3 is 14.8 Å². The maximum absolute atomic E-state index is 11.7.